The van der Waals surface area contributed by atoms with E-state index in [4.69, 9.17) is 0 Å². The fraction of sp³-hybridized carbons (Fsp3) is 0.360. The Bertz CT molecular complexity index is 1130. The fourth-order valence-electron chi connectivity index (χ4n) is 4.03. The fourth-order valence-corrected chi connectivity index (χ4v) is 5.11. The Balaban J connectivity index is 1.68. The molecule has 184 valence electrons. The van der Waals surface area contributed by atoms with Gasteiger partial charge in [-0.1, -0.05) is 48.5 Å². The summed E-state index contributed by atoms with van der Waals surface area (Å²) < 4.78 is 15.5. The lowest BCUT2D eigenvalue weighted by Gasteiger charge is -2.26. The molecule has 8 nitrogen and oxygen atoms in total. The van der Waals surface area contributed by atoms with Gasteiger partial charge in [-0.25, -0.2) is 9.18 Å². The third kappa shape index (κ3) is 6.46. The average molecular weight is 497 g/mol. The van der Waals surface area contributed by atoms with Gasteiger partial charge in [0.2, 0.25) is 5.91 Å². The Morgan fingerprint density at radius 2 is 1.74 bits per heavy atom. The second-order valence-corrected chi connectivity index (χ2v) is 9.38. The molecule has 2 N–H and O–H groups in total. The van der Waals surface area contributed by atoms with Gasteiger partial charge in [0.05, 0.1) is 6.54 Å². The molecule has 2 aromatic carbocycles. The van der Waals surface area contributed by atoms with E-state index in [2.05, 4.69) is 25.7 Å². The topological polar surface area (TPSA) is 92.2 Å². The average Bonchev–Trinajstić information content (AvgIpc) is 3.26. The first-order chi connectivity index (χ1) is 17.0. The van der Waals surface area contributed by atoms with Gasteiger partial charge in [-0.3, -0.25) is 19.6 Å². The number of rotatable bonds is 8. The van der Waals surface area contributed by atoms with E-state index in [0.717, 1.165) is 37.3 Å². The van der Waals surface area contributed by atoms with E-state index in [9.17, 15) is 14.0 Å². The molecule has 2 heterocycles. The maximum atomic E-state index is 13.7. The number of amides is 3. The summed E-state index contributed by atoms with van der Waals surface area (Å²) in [6.07, 6.45) is 3.51. The molecule has 1 unspecified atom stereocenters. The monoisotopic (exact) mass is 496 g/mol. The molecular weight excluding hydrogens is 467 g/mol. The van der Waals surface area contributed by atoms with E-state index in [1.165, 1.54) is 30.3 Å². The molecule has 0 saturated carbocycles. The first kappa shape index (κ1) is 24.9. The summed E-state index contributed by atoms with van der Waals surface area (Å²) in [5.41, 5.74) is 1.44. The van der Waals surface area contributed by atoms with Gasteiger partial charge in [0.1, 0.15) is 11.1 Å². The molecular formula is C25H29FN6O2S. The Kier molecular flexibility index (Phi) is 8.49. The summed E-state index contributed by atoms with van der Waals surface area (Å²) in [6.45, 7) is 4.76. The lowest BCUT2D eigenvalue weighted by molar-refractivity contribution is -0.119. The van der Waals surface area contributed by atoms with E-state index in [1.54, 1.807) is 19.1 Å². The number of nitrogens with one attached hydrogen (secondary N) is 2. The van der Waals surface area contributed by atoms with Crippen molar-refractivity contribution in [2.24, 2.45) is 0 Å². The van der Waals surface area contributed by atoms with Crippen LogP contribution in [0.25, 0.3) is 5.69 Å². The maximum absolute atomic E-state index is 13.7. The lowest BCUT2D eigenvalue weighted by Crippen LogP contribution is -2.41. The Labute approximate surface area is 208 Å². The highest BCUT2D eigenvalue weighted by atomic mass is 32.2. The van der Waals surface area contributed by atoms with Crippen molar-refractivity contribution in [1.82, 2.24) is 30.3 Å². The number of likely N-dealkylation sites (tertiary alicyclic amines) is 1. The molecule has 35 heavy (non-hydrogen) atoms. The largest absolute Gasteiger partial charge is 0.338 e. The number of imide groups is 1. The molecule has 3 amide bonds. The summed E-state index contributed by atoms with van der Waals surface area (Å²) in [4.78, 5) is 27.5. The molecule has 0 aliphatic carbocycles. The number of hydrogen-bond acceptors (Lipinski definition) is 6. The van der Waals surface area contributed by atoms with Crippen LogP contribution >= 0.6 is 11.8 Å². The van der Waals surface area contributed by atoms with Crippen molar-refractivity contribution in [2.45, 2.75) is 43.1 Å². The minimum Gasteiger partial charge on any atom is -0.338 e. The highest BCUT2D eigenvalue weighted by Crippen LogP contribution is 2.36. The molecule has 0 spiro atoms. The predicted molar refractivity (Wildman–Crippen MR) is 133 cm³/mol. The Morgan fingerprint density at radius 3 is 2.43 bits per heavy atom. The molecule has 4 rings (SSSR count). The van der Waals surface area contributed by atoms with Crippen molar-refractivity contribution in [2.75, 3.05) is 19.6 Å². The highest BCUT2D eigenvalue weighted by molar-refractivity contribution is 8.00. The van der Waals surface area contributed by atoms with Gasteiger partial charge < -0.3 is 5.32 Å². The molecule has 1 aliphatic heterocycles. The maximum Gasteiger partial charge on any atom is 0.321 e. The smallest absolute Gasteiger partial charge is 0.321 e. The van der Waals surface area contributed by atoms with Crippen LogP contribution in [0, 0.1) is 5.82 Å². The quantitative estimate of drug-likeness (QED) is 0.457. The van der Waals surface area contributed by atoms with Crippen molar-refractivity contribution in [3.8, 4) is 5.69 Å². The van der Waals surface area contributed by atoms with Gasteiger partial charge in [-0.05, 0) is 62.7 Å². The summed E-state index contributed by atoms with van der Waals surface area (Å²) in [7, 11) is 0. The normalized spacial score (nSPS) is 14.9. The molecule has 1 aromatic heterocycles. The number of aromatic nitrogens is 3. The van der Waals surface area contributed by atoms with Crippen LogP contribution in [-0.2, 0) is 11.3 Å². The van der Waals surface area contributed by atoms with Crippen molar-refractivity contribution in [3.63, 3.8) is 0 Å². The number of halogens is 1. The van der Waals surface area contributed by atoms with Gasteiger partial charge in [0, 0.05) is 12.2 Å². The van der Waals surface area contributed by atoms with Crippen LogP contribution in [0.1, 0.15) is 42.8 Å². The van der Waals surface area contributed by atoms with Gasteiger partial charge in [0.25, 0.3) is 0 Å². The van der Waals surface area contributed by atoms with Crippen LogP contribution in [0.3, 0.4) is 0 Å². The SMILES string of the molecule is CCNC(=O)NC(=O)C(Sc1nnc(CN2CCCCC2)n1-c1ccc(F)cc1)c1ccccc1. The van der Waals surface area contributed by atoms with E-state index >= 15 is 0 Å². The number of urea groups is 1. The summed E-state index contributed by atoms with van der Waals surface area (Å²) in [6, 6.07) is 14.8. The number of nitrogens with zero attached hydrogens (tertiary/aromatic N) is 4. The predicted octanol–water partition coefficient (Wildman–Crippen LogP) is 4.07. The number of carbonyl (C=O) groups excluding carboxylic acids is 2. The van der Waals surface area contributed by atoms with Gasteiger partial charge in [-0.2, -0.15) is 0 Å². The number of hydrogen-bond donors (Lipinski definition) is 2. The molecule has 1 fully saturated rings. The van der Waals surface area contributed by atoms with Crippen molar-refractivity contribution >= 4 is 23.7 Å². The molecule has 3 aromatic rings. The zero-order chi connectivity index (χ0) is 24.6. The van der Waals surface area contributed by atoms with Crippen molar-refractivity contribution < 1.29 is 14.0 Å². The Morgan fingerprint density at radius 1 is 1.03 bits per heavy atom. The second kappa shape index (κ2) is 11.9. The third-order valence-electron chi connectivity index (χ3n) is 5.74. The molecule has 0 radical (unpaired) electrons. The number of thioether (sulfide) groups is 1. The van der Waals surface area contributed by atoms with Crippen LogP contribution in [0.15, 0.2) is 59.8 Å². The summed E-state index contributed by atoms with van der Waals surface area (Å²) in [5.74, 6) is -0.0765. The second-order valence-electron chi connectivity index (χ2n) is 8.30. The molecule has 1 saturated heterocycles. The van der Waals surface area contributed by atoms with Gasteiger partial charge in [-0.15, -0.1) is 10.2 Å². The van der Waals surface area contributed by atoms with E-state index < -0.39 is 17.2 Å². The van der Waals surface area contributed by atoms with Gasteiger partial charge >= 0.3 is 6.03 Å². The molecule has 10 heteroatoms. The molecule has 0 bridgehead atoms. The molecule has 1 atom stereocenters. The van der Waals surface area contributed by atoms with Crippen LogP contribution < -0.4 is 10.6 Å². The first-order valence-corrected chi connectivity index (χ1v) is 12.7. The third-order valence-corrected chi connectivity index (χ3v) is 6.93. The summed E-state index contributed by atoms with van der Waals surface area (Å²) in [5, 5.41) is 13.6. The first-order valence-electron chi connectivity index (χ1n) is 11.8. The number of benzene rings is 2. The van der Waals surface area contributed by atoms with Crippen molar-refractivity contribution in [3.05, 3.63) is 71.8 Å². The van der Waals surface area contributed by atoms with Crippen LogP contribution in [0.5, 0.6) is 0 Å². The lowest BCUT2D eigenvalue weighted by atomic mass is 10.1. The minimum absolute atomic E-state index is 0.336. The zero-order valence-corrected chi connectivity index (χ0v) is 20.4. The molecule has 1 aliphatic rings. The minimum atomic E-state index is -0.745. The van der Waals surface area contributed by atoms with Crippen LogP contribution in [0.2, 0.25) is 0 Å². The Hall–Kier alpha value is -3.24. The van der Waals surface area contributed by atoms with Crippen LogP contribution in [-0.4, -0.2) is 51.2 Å². The highest BCUT2D eigenvalue weighted by Gasteiger charge is 2.28. The number of carbonyl (C=O) groups is 2. The van der Waals surface area contributed by atoms with Crippen LogP contribution in [0.4, 0.5) is 9.18 Å². The van der Waals surface area contributed by atoms with E-state index in [1.807, 2.05) is 34.9 Å². The van der Waals surface area contributed by atoms with Crippen molar-refractivity contribution in [1.29, 1.82) is 0 Å². The van der Waals surface area contributed by atoms with E-state index in [-0.39, 0.29) is 5.82 Å². The van der Waals surface area contributed by atoms with Gasteiger partial charge in [0.15, 0.2) is 11.0 Å². The number of piperidine rings is 1. The summed E-state index contributed by atoms with van der Waals surface area (Å²) >= 11 is 1.20. The van der Waals surface area contributed by atoms with E-state index in [0.29, 0.717) is 23.9 Å². The standard InChI is InChI=1S/C25H29FN6O2S/c1-2-27-24(34)28-23(33)22(18-9-5-3-6-10-18)35-25-30-29-21(17-31-15-7-4-8-16-31)32(25)20-13-11-19(26)12-14-20/h3,5-6,9-14,22H,2,4,7-8,15-17H2,1H3,(H2,27,28,33,34). The zero-order valence-electron chi connectivity index (χ0n) is 19.6.